The van der Waals surface area contributed by atoms with Crippen molar-refractivity contribution < 1.29 is 9.53 Å². The third kappa shape index (κ3) is 2.62. The Kier molecular flexibility index (Phi) is 4.02. The SMILES string of the molecule is COc1ccccc1C(=O)N(C)c1cccc(C#N)c1. The molecular formula is C16H14N2O2. The van der Waals surface area contributed by atoms with Crippen LogP contribution in [0.15, 0.2) is 48.5 Å². The zero-order chi connectivity index (χ0) is 14.5. The molecule has 0 aliphatic rings. The lowest BCUT2D eigenvalue weighted by molar-refractivity contribution is 0.0990. The number of benzene rings is 2. The summed E-state index contributed by atoms with van der Waals surface area (Å²) in [6, 6.07) is 16.0. The number of carbonyl (C=O) groups is 1. The maximum atomic E-state index is 12.5. The smallest absolute Gasteiger partial charge is 0.261 e. The van der Waals surface area contributed by atoms with E-state index in [2.05, 4.69) is 6.07 Å². The van der Waals surface area contributed by atoms with Gasteiger partial charge in [0.25, 0.3) is 5.91 Å². The molecule has 0 saturated heterocycles. The van der Waals surface area contributed by atoms with E-state index >= 15 is 0 Å². The molecule has 0 spiro atoms. The van der Waals surface area contributed by atoms with Crippen molar-refractivity contribution >= 4 is 11.6 Å². The summed E-state index contributed by atoms with van der Waals surface area (Å²) < 4.78 is 5.20. The molecule has 0 aliphatic carbocycles. The summed E-state index contributed by atoms with van der Waals surface area (Å²) in [4.78, 5) is 14.0. The first kappa shape index (κ1) is 13.6. The van der Waals surface area contributed by atoms with Crippen LogP contribution in [0.5, 0.6) is 5.75 Å². The Morgan fingerprint density at radius 1 is 1.20 bits per heavy atom. The van der Waals surface area contributed by atoms with Gasteiger partial charge >= 0.3 is 0 Å². The average molecular weight is 266 g/mol. The summed E-state index contributed by atoms with van der Waals surface area (Å²) in [5.41, 5.74) is 1.67. The lowest BCUT2D eigenvalue weighted by Gasteiger charge is -2.18. The Bertz CT molecular complexity index is 674. The van der Waals surface area contributed by atoms with E-state index in [0.29, 0.717) is 22.6 Å². The number of nitrogens with zero attached hydrogens (tertiary/aromatic N) is 2. The number of hydrogen-bond acceptors (Lipinski definition) is 3. The molecule has 20 heavy (non-hydrogen) atoms. The van der Waals surface area contributed by atoms with Crippen molar-refractivity contribution in [3.8, 4) is 11.8 Å². The monoisotopic (exact) mass is 266 g/mol. The molecule has 0 atom stereocenters. The van der Waals surface area contributed by atoms with Gasteiger partial charge in [-0.2, -0.15) is 5.26 Å². The molecule has 100 valence electrons. The van der Waals surface area contributed by atoms with Gasteiger partial charge < -0.3 is 9.64 Å². The number of methoxy groups -OCH3 is 1. The molecule has 2 aromatic carbocycles. The summed E-state index contributed by atoms with van der Waals surface area (Å²) >= 11 is 0. The summed E-state index contributed by atoms with van der Waals surface area (Å²) in [7, 11) is 3.20. The Labute approximate surface area is 117 Å². The standard InChI is InChI=1S/C16H14N2O2/c1-18(13-7-5-6-12(10-13)11-17)16(19)14-8-3-4-9-15(14)20-2/h3-10H,1-2H3. The Hall–Kier alpha value is -2.80. The van der Waals surface area contributed by atoms with Crippen LogP contribution in [0.4, 0.5) is 5.69 Å². The van der Waals surface area contributed by atoms with E-state index < -0.39 is 0 Å². The van der Waals surface area contributed by atoms with E-state index in [1.165, 1.54) is 12.0 Å². The van der Waals surface area contributed by atoms with Gasteiger partial charge in [0.1, 0.15) is 5.75 Å². The second-order valence-electron chi connectivity index (χ2n) is 4.23. The minimum Gasteiger partial charge on any atom is -0.496 e. The van der Waals surface area contributed by atoms with Gasteiger partial charge in [-0.1, -0.05) is 18.2 Å². The van der Waals surface area contributed by atoms with E-state index in [0.717, 1.165) is 0 Å². The van der Waals surface area contributed by atoms with Crippen molar-refractivity contribution in [3.05, 3.63) is 59.7 Å². The molecule has 0 radical (unpaired) electrons. The predicted octanol–water partition coefficient (Wildman–Crippen LogP) is 2.84. The summed E-state index contributed by atoms with van der Waals surface area (Å²) in [6.07, 6.45) is 0. The fraction of sp³-hybridized carbons (Fsp3) is 0.125. The molecule has 2 rings (SSSR count). The molecule has 0 aliphatic heterocycles. The van der Waals surface area contributed by atoms with Crippen LogP contribution in [0.2, 0.25) is 0 Å². The molecule has 2 aromatic rings. The summed E-state index contributed by atoms with van der Waals surface area (Å²) in [5.74, 6) is 0.346. The molecule has 1 amide bonds. The number of nitriles is 1. The van der Waals surface area contributed by atoms with Crippen LogP contribution >= 0.6 is 0 Å². The largest absolute Gasteiger partial charge is 0.496 e. The van der Waals surface area contributed by atoms with Crippen LogP contribution in [-0.2, 0) is 0 Å². The second kappa shape index (κ2) is 5.89. The zero-order valence-electron chi connectivity index (χ0n) is 11.3. The predicted molar refractivity (Wildman–Crippen MR) is 76.9 cm³/mol. The topological polar surface area (TPSA) is 53.3 Å². The molecular weight excluding hydrogens is 252 g/mol. The molecule has 4 nitrogen and oxygen atoms in total. The first-order valence-corrected chi connectivity index (χ1v) is 6.08. The zero-order valence-corrected chi connectivity index (χ0v) is 11.3. The minimum absolute atomic E-state index is 0.183. The maximum Gasteiger partial charge on any atom is 0.261 e. The fourth-order valence-electron chi connectivity index (χ4n) is 1.90. The number of para-hydroxylation sites is 1. The molecule has 0 heterocycles. The molecule has 0 saturated carbocycles. The number of rotatable bonds is 3. The van der Waals surface area contributed by atoms with Gasteiger partial charge in [-0.25, -0.2) is 0 Å². The molecule has 0 aromatic heterocycles. The second-order valence-corrected chi connectivity index (χ2v) is 4.23. The number of ether oxygens (including phenoxy) is 1. The summed E-state index contributed by atoms with van der Waals surface area (Å²) in [6.45, 7) is 0. The van der Waals surface area contributed by atoms with Gasteiger partial charge in [0.2, 0.25) is 0 Å². The normalized spacial score (nSPS) is 9.65. The highest BCUT2D eigenvalue weighted by molar-refractivity contribution is 6.07. The van der Waals surface area contributed by atoms with Crippen LogP contribution in [0.25, 0.3) is 0 Å². The Balaban J connectivity index is 2.35. The Morgan fingerprint density at radius 2 is 1.95 bits per heavy atom. The van der Waals surface area contributed by atoms with E-state index in [1.807, 2.05) is 6.07 Å². The summed E-state index contributed by atoms with van der Waals surface area (Å²) in [5, 5.41) is 8.91. The van der Waals surface area contributed by atoms with Gasteiger partial charge in [-0.3, -0.25) is 4.79 Å². The first-order chi connectivity index (χ1) is 9.67. The van der Waals surface area contributed by atoms with Crippen LogP contribution in [-0.4, -0.2) is 20.1 Å². The highest BCUT2D eigenvalue weighted by atomic mass is 16.5. The number of anilines is 1. The van der Waals surface area contributed by atoms with Crippen molar-refractivity contribution in [1.82, 2.24) is 0 Å². The first-order valence-electron chi connectivity index (χ1n) is 6.08. The van der Waals surface area contributed by atoms with Crippen LogP contribution < -0.4 is 9.64 Å². The van der Waals surface area contributed by atoms with E-state index in [4.69, 9.17) is 10.00 Å². The minimum atomic E-state index is -0.183. The molecule has 0 fully saturated rings. The highest BCUT2D eigenvalue weighted by Gasteiger charge is 2.17. The highest BCUT2D eigenvalue weighted by Crippen LogP contribution is 2.22. The number of amides is 1. The van der Waals surface area contributed by atoms with Crippen LogP contribution in [0.3, 0.4) is 0 Å². The fourth-order valence-corrected chi connectivity index (χ4v) is 1.90. The van der Waals surface area contributed by atoms with E-state index in [-0.39, 0.29) is 5.91 Å². The lowest BCUT2D eigenvalue weighted by Crippen LogP contribution is -2.26. The number of hydrogen-bond donors (Lipinski definition) is 0. The molecule has 0 bridgehead atoms. The Morgan fingerprint density at radius 3 is 2.65 bits per heavy atom. The third-order valence-corrected chi connectivity index (χ3v) is 3.00. The van der Waals surface area contributed by atoms with Crippen LogP contribution in [0, 0.1) is 11.3 Å². The van der Waals surface area contributed by atoms with Gasteiger partial charge in [0.05, 0.1) is 24.3 Å². The maximum absolute atomic E-state index is 12.5. The van der Waals surface area contributed by atoms with E-state index in [1.54, 1.807) is 49.5 Å². The quantitative estimate of drug-likeness (QED) is 0.858. The van der Waals surface area contributed by atoms with Gasteiger partial charge in [-0.15, -0.1) is 0 Å². The average Bonchev–Trinajstić information content (AvgIpc) is 2.53. The molecule has 4 heteroatoms. The van der Waals surface area contributed by atoms with Crippen molar-refractivity contribution in [2.45, 2.75) is 0 Å². The molecule has 0 N–H and O–H groups in total. The van der Waals surface area contributed by atoms with Gasteiger partial charge in [0, 0.05) is 12.7 Å². The van der Waals surface area contributed by atoms with Crippen molar-refractivity contribution in [1.29, 1.82) is 5.26 Å². The molecule has 0 unspecified atom stereocenters. The van der Waals surface area contributed by atoms with Gasteiger partial charge in [-0.05, 0) is 30.3 Å². The van der Waals surface area contributed by atoms with Gasteiger partial charge in [0.15, 0.2) is 0 Å². The number of carbonyl (C=O) groups excluding carboxylic acids is 1. The van der Waals surface area contributed by atoms with E-state index in [9.17, 15) is 4.79 Å². The third-order valence-electron chi connectivity index (χ3n) is 3.00. The van der Waals surface area contributed by atoms with Crippen molar-refractivity contribution in [2.75, 3.05) is 19.1 Å². The van der Waals surface area contributed by atoms with Crippen LogP contribution in [0.1, 0.15) is 15.9 Å². The van der Waals surface area contributed by atoms with Crippen molar-refractivity contribution in [2.24, 2.45) is 0 Å². The van der Waals surface area contributed by atoms with Crippen molar-refractivity contribution in [3.63, 3.8) is 0 Å². The lowest BCUT2D eigenvalue weighted by atomic mass is 10.1.